The number of unbranched alkanes of at least 4 members (excludes halogenated alkanes) is 7. The zero-order valence-corrected chi connectivity index (χ0v) is 26.5. The third-order valence-electron chi connectivity index (χ3n) is 12.8. The fraction of sp³-hybridized carbons (Fsp3) is 0.861. The molecule has 1 aromatic heterocycles. The Balaban J connectivity index is 1.29. The van der Waals surface area contributed by atoms with Gasteiger partial charge in [-0.05, 0) is 98.7 Å². The lowest BCUT2D eigenvalue weighted by atomic mass is 9.42. The third-order valence-corrected chi connectivity index (χ3v) is 12.8. The maximum atomic E-state index is 13.5. The minimum atomic E-state index is -0.711. The van der Waals surface area contributed by atoms with Crippen LogP contribution in [0, 0.1) is 52.3 Å². The van der Waals surface area contributed by atoms with Gasteiger partial charge in [0.15, 0.2) is 5.78 Å². The first kappa shape index (κ1) is 31.7. The van der Waals surface area contributed by atoms with Crippen LogP contribution in [0.3, 0.4) is 0 Å². The van der Waals surface area contributed by atoms with Gasteiger partial charge in [0.05, 0.1) is 18.0 Å². The fourth-order valence-corrected chi connectivity index (χ4v) is 10.8. The van der Waals surface area contributed by atoms with Gasteiger partial charge in [-0.25, -0.2) is 0 Å². The molecule has 6 heteroatoms. The Labute approximate surface area is 254 Å². The number of hydrogen-bond donors (Lipinski definition) is 2. The molecule has 0 spiro atoms. The van der Waals surface area contributed by atoms with Crippen molar-refractivity contribution in [1.29, 1.82) is 0 Å². The smallest absolute Gasteiger partial charge is 0.159 e. The van der Waals surface area contributed by atoms with Gasteiger partial charge < -0.3 is 10.2 Å². The summed E-state index contributed by atoms with van der Waals surface area (Å²) in [7, 11) is 0. The maximum absolute atomic E-state index is 13.5. The number of nitrogens with zero attached hydrogens (tertiary/aromatic N) is 3. The highest BCUT2D eigenvalue weighted by Gasteiger charge is 2.63. The lowest BCUT2D eigenvalue weighted by Crippen LogP contribution is -2.57. The van der Waals surface area contributed by atoms with Crippen LogP contribution in [-0.2, 0) is 11.3 Å². The topological polar surface area (TPSA) is 88.2 Å². The minimum absolute atomic E-state index is 0.0905. The van der Waals surface area contributed by atoms with Crippen LogP contribution in [0.25, 0.3) is 0 Å². The molecular formula is C36H57N3O3. The van der Waals surface area contributed by atoms with Crippen molar-refractivity contribution in [2.75, 3.05) is 6.61 Å². The van der Waals surface area contributed by atoms with Gasteiger partial charge in [-0.15, -0.1) is 0 Å². The second-order valence-corrected chi connectivity index (χ2v) is 14.9. The highest BCUT2D eigenvalue weighted by Crippen LogP contribution is 2.69. The number of fused-ring (bicyclic) bond motifs is 5. The molecule has 2 N–H and O–H groups in total. The van der Waals surface area contributed by atoms with Gasteiger partial charge in [0, 0.05) is 12.3 Å². The van der Waals surface area contributed by atoms with Gasteiger partial charge >= 0.3 is 0 Å². The highest BCUT2D eigenvalue weighted by atomic mass is 16.3. The third kappa shape index (κ3) is 6.53. The lowest BCUT2D eigenvalue weighted by Gasteiger charge is -2.63. The summed E-state index contributed by atoms with van der Waals surface area (Å²) < 4.78 is 0. The van der Waals surface area contributed by atoms with Gasteiger partial charge in [-0.3, -0.25) is 4.79 Å². The summed E-state index contributed by atoms with van der Waals surface area (Å²) in [4.78, 5) is 15.1. The maximum Gasteiger partial charge on any atom is 0.159 e. The number of carbonyl (C=O) groups is 1. The summed E-state index contributed by atoms with van der Waals surface area (Å²) in [5.41, 5.74) is -0.297. The van der Waals surface area contributed by atoms with Crippen LogP contribution in [0.1, 0.15) is 136 Å². The Morgan fingerprint density at radius 2 is 1.64 bits per heavy atom. The zero-order chi connectivity index (χ0) is 29.6. The van der Waals surface area contributed by atoms with Crippen LogP contribution < -0.4 is 0 Å². The average molecular weight is 580 g/mol. The first-order valence-corrected chi connectivity index (χ1v) is 17.5. The molecule has 6 nitrogen and oxygen atoms in total. The molecule has 8 atom stereocenters. The van der Waals surface area contributed by atoms with Crippen molar-refractivity contribution in [2.24, 2.45) is 40.4 Å². The van der Waals surface area contributed by atoms with E-state index in [2.05, 4.69) is 35.9 Å². The number of hydrogen-bond acceptors (Lipinski definition) is 5. The van der Waals surface area contributed by atoms with Crippen LogP contribution >= 0.6 is 0 Å². The van der Waals surface area contributed by atoms with Crippen molar-refractivity contribution in [1.82, 2.24) is 15.0 Å². The van der Waals surface area contributed by atoms with Crippen molar-refractivity contribution < 1.29 is 15.0 Å². The number of ketones is 1. The monoisotopic (exact) mass is 579 g/mol. The molecule has 4 saturated carbocycles. The summed E-state index contributed by atoms with van der Waals surface area (Å²) in [6, 6.07) is 0. The number of rotatable bonds is 13. The second kappa shape index (κ2) is 13.9. The molecule has 0 aromatic carbocycles. The summed E-state index contributed by atoms with van der Waals surface area (Å²) in [5, 5.41) is 29.2. The summed E-state index contributed by atoms with van der Waals surface area (Å²) in [5.74, 6) is 8.90. The van der Waals surface area contributed by atoms with E-state index in [9.17, 15) is 9.90 Å². The molecular weight excluding hydrogens is 522 g/mol. The van der Waals surface area contributed by atoms with E-state index in [0.29, 0.717) is 47.8 Å². The van der Waals surface area contributed by atoms with Gasteiger partial charge in [0.25, 0.3) is 0 Å². The molecule has 1 aromatic rings. The molecule has 4 aliphatic carbocycles. The van der Waals surface area contributed by atoms with Gasteiger partial charge in [-0.1, -0.05) is 77.1 Å². The number of aromatic nitrogens is 3. The van der Waals surface area contributed by atoms with E-state index in [0.717, 1.165) is 32.1 Å². The normalized spacial score (nSPS) is 37.3. The Morgan fingerprint density at radius 1 is 0.905 bits per heavy atom. The van der Waals surface area contributed by atoms with E-state index in [1.807, 2.05) is 0 Å². The predicted molar refractivity (Wildman–Crippen MR) is 166 cm³/mol. The molecule has 234 valence electrons. The summed E-state index contributed by atoms with van der Waals surface area (Å²) >= 11 is 0. The van der Waals surface area contributed by atoms with Gasteiger partial charge in [0.1, 0.15) is 13.2 Å². The number of Topliss-reactive ketones (excluding diaryl/α,β-unsaturated/α-hetero) is 1. The first-order valence-electron chi connectivity index (χ1n) is 17.5. The van der Waals surface area contributed by atoms with E-state index in [1.54, 1.807) is 17.2 Å². The molecule has 0 bridgehead atoms. The van der Waals surface area contributed by atoms with E-state index in [4.69, 9.17) is 5.11 Å². The van der Waals surface area contributed by atoms with E-state index in [1.165, 1.54) is 83.5 Å². The molecule has 42 heavy (non-hydrogen) atoms. The van der Waals surface area contributed by atoms with Crippen molar-refractivity contribution in [3.63, 3.8) is 0 Å². The molecule has 5 rings (SSSR count). The Kier molecular flexibility index (Phi) is 10.5. The van der Waals surface area contributed by atoms with Crippen molar-refractivity contribution in [3.05, 3.63) is 12.4 Å². The Hall–Kier alpha value is -1.71. The van der Waals surface area contributed by atoms with Gasteiger partial charge in [0.2, 0.25) is 0 Å². The first-order chi connectivity index (χ1) is 20.4. The van der Waals surface area contributed by atoms with Crippen LogP contribution in [-0.4, -0.2) is 43.2 Å². The molecule has 0 radical (unpaired) electrons. The average Bonchev–Trinajstić information content (AvgIpc) is 3.62. The number of carbonyl (C=O) groups excluding carboxylic acids is 1. The summed E-state index contributed by atoms with van der Waals surface area (Å²) in [6.07, 6.45) is 25.8. The fourth-order valence-electron chi connectivity index (χ4n) is 10.8. The van der Waals surface area contributed by atoms with Crippen LogP contribution in [0.5, 0.6) is 0 Å². The quantitative estimate of drug-likeness (QED) is 0.192. The SMILES string of the molecule is CCCCCCCCCC[C@]12CCC(O)(CC#CCO)CC1CC[C@@H]1[C@@H]2CC[C@]2(C)[C@@H](C(=O)Cn3nccn3)CC[C@@H]12. The largest absolute Gasteiger partial charge is 0.389 e. The van der Waals surface area contributed by atoms with Gasteiger partial charge in [-0.2, -0.15) is 15.0 Å². The van der Waals surface area contributed by atoms with Crippen molar-refractivity contribution in [2.45, 2.75) is 148 Å². The molecule has 2 unspecified atom stereocenters. The van der Waals surface area contributed by atoms with Crippen LogP contribution in [0.15, 0.2) is 12.4 Å². The molecule has 1 heterocycles. The van der Waals surface area contributed by atoms with Crippen LogP contribution in [0.4, 0.5) is 0 Å². The van der Waals surface area contributed by atoms with E-state index in [-0.39, 0.29) is 17.9 Å². The second-order valence-electron chi connectivity index (χ2n) is 14.9. The minimum Gasteiger partial charge on any atom is -0.389 e. The molecule has 0 saturated heterocycles. The highest BCUT2D eigenvalue weighted by molar-refractivity contribution is 5.82. The molecule has 4 fully saturated rings. The number of aliphatic hydroxyl groups excluding tert-OH is 1. The van der Waals surface area contributed by atoms with E-state index < -0.39 is 5.60 Å². The van der Waals surface area contributed by atoms with Crippen molar-refractivity contribution >= 4 is 5.78 Å². The number of aliphatic hydroxyl groups is 2. The standard InChI is InChI=1S/C36H57N3O3/c1-3-4-5-6-7-8-9-10-19-36-22-21-35(42,18-11-12-25-40)26-28(36)13-14-29-30-15-16-32(34(30,2)20-17-31(29)36)33(41)27-39-37-23-24-38-39/h23-24,28-32,40,42H,3-10,13-22,25-27H2,1-2H3/t28?,29-,30-,31-,32+,34-,35?,36-/m0/s1. The molecule has 4 aliphatic rings. The Morgan fingerprint density at radius 3 is 2.38 bits per heavy atom. The summed E-state index contributed by atoms with van der Waals surface area (Å²) in [6.45, 7) is 4.90. The van der Waals surface area contributed by atoms with Crippen molar-refractivity contribution in [3.8, 4) is 11.8 Å². The molecule has 0 amide bonds. The predicted octanol–water partition coefficient (Wildman–Crippen LogP) is 7.13. The Bertz CT molecular complexity index is 1080. The zero-order valence-electron chi connectivity index (χ0n) is 26.5. The lowest BCUT2D eigenvalue weighted by molar-refractivity contribution is -0.163. The molecule has 0 aliphatic heterocycles. The van der Waals surface area contributed by atoms with E-state index >= 15 is 0 Å². The van der Waals surface area contributed by atoms with Crippen LogP contribution in [0.2, 0.25) is 0 Å².